The molecule has 1 fully saturated rings. The average molecular weight is 307 g/mol. The first kappa shape index (κ1) is 14.3. The molecule has 1 aliphatic heterocycles. The number of rotatable bonds is 4. The molecule has 4 nitrogen and oxygen atoms in total. The van der Waals surface area contributed by atoms with Crippen molar-refractivity contribution < 1.29 is 4.74 Å². The average Bonchev–Trinajstić information content (AvgIpc) is 3.22. The number of ether oxygens (including phenoxy) is 1. The molecule has 4 rings (SSSR count). The van der Waals surface area contributed by atoms with Gasteiger partial charge < -0.3 is 4.74 Å². The maximum absolute atomic E-state index is 5.22. The van der Waals surface area contributed by atoms with E-state index in [1.54, 1.807) is 7.11 Å². The molecule has 3 aromatic rings. The van der Waals surface area contributed by atoms with Gasteiger partial charge in [-0.1, -0.05) is 30.3 Å². The van der Waals surface area contributed by atoms with Crippen LogP contribution in [0.15, 0.2) is 54.7 Å². The first-order chi connectivity index (χ1) is 11.3. The van der Waals surface area contributed by atoms with Crippen LogP contribution in [0.3, 0.4) is 0 Å². The highest BCUT2D eigenvalue weighted by Crippen LogP contribution is 2.26. The van der Waals surface area contributed by atoms with E-state index in [1.165, 1.54) is 16.5 Å². The van der Waals surface area contributed by atoms with Crippen molar-refractivity contribution in [2.75, 3.05) is 20.2 Å². The number of para-hydroxylation sites is 1. The second kappa shape index (κ2) is 6.05. The molecule has 0 saturated carbocycles. The minimum Gasteiger partial charge on any atom is -0.497 e. The van der Waals surface area contributed by atoms with Gasteiger partial charge in [-0.15, -0.1) is 0 Å². The smallest absolute Gasteiger partial charge is 0.118 e. The Balaban J connectivity index is 1.46. The van der Waals surface area contributed by atoms with Crippen LogP contribution in [0.25, 0.3) is 10.9 Å². The Hall–Kier alpha value is -2.33. The zero-order chi connectivity index (χ0) is 15.6. The van der Waals surface area contributed by atoms with Crippen molar-refractivity contribution in [1.29, 1.82) is 0 Å². The molecule has 0 amide bonds. The molecule has 2 aromatic carbocycles. The molecule has 2 heterocycles. The topological polar surface area (TPSA) is 30.3 Å². The van der Waals surface area contributed by atoms with E-state index in [9.17, 15) is 0 Å². The molecule has 1 saturated heterocycles. The summed E-state index contributed by atoms with van der Waals surface area (Å²) in [6.45, 7) is 3.16. The summed E-state index contributed by atoms with van der Waals surface area (Å²) in [5, 5.41) is 5.84. The molecule has 1 atom stereocenters. The van der Waals surface area contributed by atoms with E-state index in [4.69, 9.17) is 4.74 Å². The van der Waals surface area contributed by atoms with Gasteiger partial charge in [0, 0.05) is 25.0 Å². The molecule has 1 aliphatic rings. The highest BCUT2D eigenvalue weighted by Gasteiger charge is 2.25. The molecule has 0 unspecified atom stereocenters. The van der Waals surface area contributed by atoms with Crippen molar-refractivity contribution in [3.8, 4) is 5.75 Å². The van der Waals surface area contributed by atoms with E-state index in [0.29, 0.717) is 6.04 Å². The van der Waals surface area contributed by atoms with Crippen LogP contribution in [0.5, 0.6) is 5.75 Å². The van der Waals surface area contributed by atoms with Gasteiger partial charge in [-0.3, -0.25) is 9.58 Å². The summed E-state index contributed by atoms with van der Waals surface area (Å²) in [4.78, 5) is 2.50. The van der Waals surface area contributed by atoms with Crippen molar-refractivity contribution in [3.05, 3.63) is 60.3 Å². The number of benzene rings is 2. The highest BCUT2D eigenvalue weighted by atomic mass is 16.5. The minimum absolute atomic E-state index is 0.466. The fraction of sp³-hybridized carbons (Fsp3) is 0.316. The molecule has 0 bridgehead atoms. The third kappa shape index (κ3) is 2.82. The third-order valence-corrected chi connectivity index (χ3v) is 4.66. The fourth-order valence-corrected chi connectivity index (χ4v) is 3.43. The Bertz CT molecular complexity index is 794. The van der Waals surface area contributed by atoms with E-state index in [1.807, 2.05) is 18.3 Å². The molecular weight excluding hydrogens is 286 g/mol. The largest absolute Gasteiger partial charge is 0.497 e. The number of methoxy groups -OCH3 is 1. The maximum atomic E-state index is 5.22. The van der Waals surface area contributed by atoms with Crippen LogP contribution in [-0.2, 0) is 6.54 Å². The van der Waals surface area contributed by atoms with Gasteiger partial charge in [-0.25, -0.2) is 0 Å². The number of fused-ring (bicyclic) bond motifs is 1. The number of hydrogen-bond acceptors (Lipinski definition) is 3. The van der Waals surface area contributed by atoms with Gasteiger partial charge in [-0.2, -0.15) is 5.10 Å². The molecular formula is C19H21N3O. The van der Waals surface area contributed by atoms with Crippen molar-refractivity contribution in [2.24, 2.45) is 0 Å². The minimum atomic E-state index is 0.466. The molecule has 0 radical (unpaired) electrons. The van der Waals surface area contributed by atoms with Crippen molar-refractivity contribution >= 4 is 10.9 Å². The lowest BCUT2D eigenvalue weighted by Gasteiger charge is -2.17. The normalized spacial score (nSPS) is 18.6. The monoisotopic (exact) mass is 307 g/mol. The van der Waals surface area contributed by atoms with Gasteiger partial charge in [0.05, 0.1) is 24.9 Å². The maximum Gasteiger partial charge on any atom is 0.118 e. The zero-order valence-corrected chi connectivity index (χ0v) is 13.4. The molecule has 0 N–H and O–H groups in total. The third-order valence-electron chi connectivity index (χ3n) is 4.66. The Kier molecular flexibility index (Phi) is 3.75. The molecule has 0 aliphatic carbocycles. The quantitative estimate of drug-likeness (QED) is 0.739. The Morgan fingerprint density at radius 2 is 1.96 bits per heavy atom. The van der Waals surface area contributed by atoms with Crippen LogP contribution in [0.1, 0.15) is 18.0 Å². The molecule has 23 heavy (non-hydrogen) atoms. The van der Waals surface area contributed by atoms with Gasteiger partial charge in [0.15, 0.2) is 0 Å². The van der Waals surface area contributed by atoms with Crippen LogP contribution < -0.4 is 4.74 Å². The summed E-state index contributed by atoms with van der Waals surface area (Å²) in [5.41, 5.74) is 2.57. The standard InChI is InChI=1S/C19H21N3O/c1-23-18-8-6-15(7-9-18)13-21-11-10-17(14-21)22-19-5-3-2-4-16(19)12-20-22/h2-9,12,17H,10-11,13-14H2,1H3/t17-/m1/s1. The second-order valence-electron chi connectivity index (χ2n) is 6.17. The van der Waals surface area contributed by atoms with E-state index < -0.39 is 0 Å². The summed E-state index contributed by atoms with van der Waals surface area (Å²) in [6.07, 6.45) is 3.13. The van der Waals surface area contributed by atoms with E-state index >= 15 is 0 Å². The van der Waals surface area contributed by atoms with Crippen LogP contribution in [-0.4, -0.2) is 34.9 Å². The number of aromatic nitrogens is 2. The molecule has 0 spiro atoms. The van der Waals surface area contributed by atoms with Crippen LogP contribution in [0.4, 0.5) is 0 Å². The van der Waals surface area contributed by atoms with Gasteiger partial charge in [-0.05, 0) is 30.2 Å². The number of likely N-dealkylation sites (tertiary alicyclic amines) is 1. The summed E-state index contributed by atoms with van der Waals surface area (Å²) < 4.78 is 7.42. The summed E-state index contributed by atoms with van der Waals surface area (Å²) >= 11 is 0. The van der Waals surface area contributed by atoms with E-state index in [2.05, 4.69) is 51.1 Å². The van der Waals surface area contributed by atoms with Gasteiger partial charge in [0.25, 0.3) is 0 Å². The van der Waals surface area contributed by atoms with Crippen molar-refractivity contribution in [2.45, 2.75) is 19.0 Å². The highest BCUT2D eigenvalue weighted by molar-refractivity contribution is 5.78. The lowest BCUT2D eigenvalue weighted by atomic mass is 10.2. The SMILES string of the molecule is COc1ccc(CN2CC[C@@H](n3ncc4ccccc43)C2)cc1. The van der Waals surface area contributed by atoms with E-state index in [0.717, 1.165) is 31.8 Å². The summed E-state index contributed by atoms with van der Waals surface area (Å²) in [6, 6.07) is 17.3. The van der Waals surface area contributed by atoms with Gasteiger partial charge in [0.1, 0.15) is 5.75 Å². The summed E-state index contributed by atoms with van der Waals surface area (Å²) in [5.74, 6) is 0.913. The molecule has 118 valence electrons. The van der Waals surface area contributed by atoms with Crippen molar-refractivity contribution in [1.82, 2.24) is 14.7 Å². The second-order valence-corrected chi connectivity index (χ2v) is 6.17. The first-order valence-corrected chi connectivity index (χ1v) is 8.11. The van der Waals surface area contributed by atoms with Gasteiger partial charge >= 0.3 is 0 Å². The van der Waals surface area contributed by atoms with Crippen molar-refractivity contribution in [3.63, 3.8) is 0 Å². The Morgan fingerprint density at radius 1 is 1.13 bits per heavy atom. The fourth-order valence-electron chi connectivity index (χ4n) is 3.43. The van der Waals surface area contributed by atoms with Gasteiger partial charge in [0.2, 0.25) is 0 Å². The molecule has 4 heteroatoms. The number of nitrogens with zero attached hydrogens (tertiary/aromatic N) is 3. The predicted molar refractivity (Wildman–Crippen MR) is 91.7 cm³/mol. The van der Waals surface area contributed by atoms with Crippen LogP contribution in [0, 0.1) is 0 Å². The lowest BCUT2D eigenvalue weighted by molar-refractivity contribution is 0.313. The first-order valence-electron chi connectivity index (χ1n) is 8.11. The Morgan fingerprint density at radius 3 is 2.78 bits per heavy atom. The van der Waals surface area contributed by atoms with Crippen LogP contribution >= 0.6 is 0 Å². The zero-order valence-electron chi connectivity index (χ0n) is 13.4. The number of hydrogen-bond donors (Lipinski definition) is 0. The van der Waals surface area contributed by atoms with E-state index in [-0.39, 0.29) is 0 Å². The van der Waals surface area contributed by atoms with Crippen LogP contribution in [0.2, 0.25) is 0 Å². The predicted octanol–water partition coefficient (Wildman–Crippen LogP) is 3.49. The summed E-state index contributed by atoms with van der Waals surface area (Å²) in [7, 11) is 1.70. The Labute approximate surface area is 136 Å². The lowest BCUT2D eigenvalue weighted by Crippen LogP contribution is -2.21. The molecule has 1 aromatic heterocycles.